The van der Waals surface area contributed by atoms with Gasteiger partial charge in [0.25, 0.3) is 0 Å². The lowest BCUT2D eigenvalue weighted by Gasteiger charge is -2.34. The third-order valence-electron chi connectivity index (χ3n) is 4.90. The quantitative estimate of drug-likeness (QED) is 0.632. The van der Waals surface area contributed by atoms with Gasteiger partial charge in [0.2, 0.25) is 0 Å². The smallest absolute Gasteiger partial charge is 0.320 e. The minimum absolute atomic E-state index is 0.0171. The summed E-state index contributed by atoms with van der Waals surface area (Å²) in [7, 11) is 0. The highest BCUT2D eigenvalue weighted by atomic mass is 16.5. The molecule has 2 aliphatic rings. The molecular weight excluding hydrogens is 268 g/mol. The second-order valence-corrected chi connectivity index (χ2v) is 6.06. The number of ether oxygens (including phenoxy) is 1. The second-order valence-electron chi connectivity index (χ2n) is 6.06. The summed E-state index contributed by atoms with van der Waals surface area (Å²) in [6.45, 7) is 1.97. The normalized spacial score (nSPS) is 31.3. The Morgan fingerprint density at radius 1 is 1.29 bits per heavy atom. The van der Waals surface area contributed by atoms with E-state index in [2.05, 4.69) is 0 Å². The second kappa shape index (κ2) is 5.10. The van der Waals surface area contributed by atoms with Gasteiger partial charge in [0.05, 0.1) is 5.92 Å². The van der Waals surface area contributed by atoms with Gasteiger partial charge in [0.1, 0.15) is 17.8 Å². The zero-order valence-corrected chi connectivity index (χ0v) is 12.0. The average Bonchev–Trinajstić information content (AvgIpc) is 2.77. The van der Waals surface area contributed by atoms with E-state index < -0.39 is 17.3 Å². The van der Waals surface area contributed by atoms with Crippen LogP contribution >= 0.6 is 0 Å². The molecule has 2 saturated carbocycles. The lowest BCUT2D eigenvalue weighted by molar-refractivity contribution is -0.167. The molecule has 2 fully saturated rings. The van der Waals surface area contributed by atoms with E-state index in [-0.39, 0.29) is 24.1 Å². The number of Topliss-reactive ketones (excluding diaryl/α,β-unsaturated/α-hetero) is 2. The van der Waals surface area contributed by atoms with Crippen molar-refractivity contribution in [3.05, 3.63) is 35.9 Å². The molecule has 3 atom stereocenters. The van der Waals surface area contributed by atoms with E-state index in [1.54, 1.807) is 6.92 Å². The van der Waals surface area contributed by atoms with Crippen LogP contribution in [0.15, 0.2) is 30.3 Å². The van der Waals surface area contributed by atoms with Gasteiger partial charge in [0, 0.05) is 6.42 Å². The molecular formula is C17H18O4. The summed E-state index contributed by atoms with van der Waals surface area (Å²) < 4.78 is 5.39. The van der Waals surface area contributed by atoms with Crippen LogP contribution in [0, 0.1) is 17.3 Å². The molecule has 1 unspecified atom stereocenters. The van der Waals surface area contributed by atoms with Crippen molar-refractivity contribution in [2.24, 2.45) is 17.3 Å². The number of hydrogen-bond donors (Lipinski definition) is 0. The van der Waals surface area contributed by atoms with Gasteiger partial charge in [-0.2, -0.15) is 0 Å². The van der Waals surface area contributed by atoms with Crippen molar-refractivity contribution in [1.29, 1.82) is 0 Å². The van der Waals surface area contributed by atoms with Crippen LogP contribution in [0.1, 0.15) is 31.7 Å². The standard InChI is InChI=1S/C17H18O4/c1-11-9-14(18)13-7-8-17(11,15(13)19)16(20)21-10-12-5-3-2-4-6-12/h2-6,11,13H,7-10H2,1H3/t11-,13?,17-/m1/s1. The molecule has 0 aliphatic heterocycles. The molecule has 1 aromatic carbocycles. The van der Waals surface area contributed by atoms with Gasteiger partial charge in [-0.15, -0.1) is 0 Å². The van der Waals surface area contributed by atoms with Crippen molar-refractivity contribution in [3.8, 4) is 0 Å². The molecule has 0 N–H and O–H groups in total. The van der Waals surface area contributed by atoms with Crippen LogP contribution in [0.4, 0.5) is 0 Å². The molecule has 3 rings (SSSR count). The van der Waals surface area contributed by atoms with E-state index in [4.69, 9.17) is 4.74 Å². The Morgan fingerprint density at radius 2 is 2.00 bits per heavy atom. The monoisotopic (exact) mass is 286 g/mol. The largest absolute Gasteiger partial charge is 0.460 e. The predicted molar refractivity (Wildman–Crippen MR) is 75.2 cm³/mol. The minimum atomic E-state index is -1.09. The predicted octanol–water partition coefficient (Wildman–Crippen LogP) is 2.30. The summed E-state index contributed by atoms with van der Waals surface area (Å²) in [6, 6.07) is 9.39. The van der Waals surface area contributed by atoms with Crippen LogP contribution in [-0.4, -0.2) is 17.5 Å². The first-order valence-corrected chi connectivity index (χ1v) is 7.34. The first-order chi connectivity index (χ1) is 10.1. The highest BCUT2D eigenvalue weighted by molar-refractivity contribution is 6.17. The molecule has 0 spiro atoms. The summed E-state index contributed by atoms with van der Waals surface area (Å²) in [5, 5.41) is 0. The average molecular weight is 286 g/mol. The topological polar surface area (TPSA) is 60.4 Å². The number of esters is 1. The molecule has 0 heterocycles. The molecule has 21 heavy (non-hydrogen) atoms. The maximum Gasteiger partial charge on any atom is 0.320 e. The van der Waals surface area contributed by atoms with E-state index in [9.17, 15) is 14.4 Å². The van der Waals surface area contributed by atoms with Gasteiger partial charge in [0.15, 0.2) is 5.78 Å². The van der Waals surface area contributed by atoms with Crippen LogP contribution in [-0.2, 0) is 25.7 Å². The molecule has 0 aromatic heterocycles. The summed E-state index contributed by atoms with van der Waals surface area (Å²) in [6.07, 6.45) is 1.23. The molecule has 0 amide bonds. The van der Waals surface area contributed by atoms with E-state index in [0.717, 1.165) is 5.56 Å². The fourth-order valence-electron chi connectivity index (χ4n) is 3.61. The number of rotatable bonds is 3. The summed E-state index contributed by atoms with van der Waals surface area (Å²) in [5.74, 6) is -1.54. The first-order valence-electron chi connectivity index (χ1n) is 7.34. The molecule has 0 radical (unpaired) electrons. The van der Waals surface area contributed by atoms with Crippen LogP contribution in [0.2, 0.25) is 0 Å². The van der Waals surface area contributed by atoms with Crippen molar-refractivity contribution < 1.29 is 19.1 Å². The minimum Gasteiger partial charge on any atom is -0.460 e. The maximum atomic E-state index is 12.5. The third-order valence-corrected chi connectivity index (χ3v) is 4.90. The van der Waals surface area contributed by atoms with Gasteiger partial charge in [-0.1, -0.05) is 37.3 Å². The fourth-order valence-corrected chi connectivity index (χ4v) is 3.61. The Hall–Kier alpha value is -1.97. The molecule has 2 bridgehead atoms. The SMILES string of the molecule is C[C@@H]1CC(=O)C2CC[C@]1(C(=O)OCc1ccccc1)C2=O. The molecule has 0 saturated heterocycles. The summed E-state index contributed by atoms with van der Waals surface area (Å²) in [4.78, 5) is 36.8. The Kier molecular flexibility index (Phi) is 3.40. The van der Waals surface area contributed by atoms with Gasteiger partial charge < -0.3 is 4.74 Å². The van der Waals surface area contributed by atoms with Crippen molar-refractivity contribution >= 4 is 17.5 Å². The summed E-state index contributed by atoms with van der Waals surface area (Å²) in [5.41, 5.74) is -0.198. The van der Waals surface area contributed by atoms with Gasteiger partial charge in [-0.25, -0.2) is 0 Å². The van der Waals surface area contributed by atoms with Crippen molar-refractivity contribution in [2.45, 2.75) is 32.8 Å². The molecule has 4 nitrogen and oxygen atoms in total. The van der Waals surface area contributed by atoms with Crippen molar-refractivity contribution in [3.63, 3.8) is 0 Å². The van der Waals surface area contributed by atoms with Gasteiger partial charge in [-0.3, -0.25) is 14.4 Å². The molecule has 1 aromatic rings. The first kappa shape index (κ1) is 14.0. The molecule has 2 aliphatic carbocycles. The molecule has 110 valence electrons. The fraction of sp³-hybridized carbons (Fsp3) is 0.471. The number of carbonyl (C=O) groups excluding carboxylic acids is 3. The van der Waals surface area contributed by atoms with Crippen LogP contribution < -0.4 is 0 Å². The zero-order chi connectivity index (χ0) is 15.0. The number of carbonyl (C=O) groups is 3. The highest BCUT2D eigenvalue weighted by Crippen LogP contribution is 2.51. The third kappa shape index (κ3) is 2.09. The van der Waals surface area contributed by atoms with Crippen LogP contribution in [0.3, 0.4) is 0 Å². The van der Waals surface area contributed by atoms with E-state index in [0.29, 0.717) is 19.3 Å². The van der Waals surface area contributed by atoms with E-state index >= 15 is 0 Å². The van der Waals surface area contributed by atoms with E-state index in [1.165, 1.54) is 0 Å². The number of hydrogen-bond acceptors (Lipinski definition) is 4. The molecule has 4 heteroatoms. The van der Waals surface area contributed by atoms with Crippen molar-refractivity contribution in [2.75, 3.05) is 0 Å². The van der Waals surface area contributed by atoms with Crippen LogP contribution in [0.5, 0.6) is 0 Å². The Labute approximate surface area is 123 Å². The van der Waals surface area contributed by atoms with Crippen LogP contribution in [0.25, 0.3) is 0 Å². The number of fused-ring (bicyclic) bond motifs is 2. The Morgan fingerprint density at radius 3 is 2.71 bits per heavy atom. The summed E-state index contributed by atoms with van der Waals surface area (Å²) >= 11 is 0. The lowest BCUT2D eigenvalue weighted by atomic mass is 9.67. The number of benzene rings is 1. The van der Waals surface area contributed by atoms with E-state index in [1.807, 2.05) is 30.3 Å². The Bertz CT molecular complexity index is 592. The maximum absolute atomic E-state index is 12.5. The highest BCUT2D eigenvalue weighted by Gasteiger charge is 2.62. The number of ketones is 2. The Balaban J connectivity index is 1.77. The van der Waals surface area contributed by atoms with Gasteiger partial charge in [-0.05, 0) is 24.3 Å². The van der Waals surface area contributed by atoms with Crippen molar-refractivity contribution in [1.82, 2.24) is 0 Å². The zero-order valence-electron chi connectivity index (χ0n) is 12.0. The van der Waals surface area contributed by atoms with Gasteiger partial charge >= 0.3 is 5.97 Å². The lowest BCUT2D eigenvalue weighted by Crippen LogP contribution is -2.49.